The maximum atomic E-state index is 12.6. The predicted molar refractivity (Wildman–Crippen MR) is 85.7 cm³/mol. The molecule has 0 saturated carbocycles. The number of rotatable bonds is 7. The van der Waals surface area contributed by atoms with Crippen LogP contribution in [0.4, 0.5) is 0 Å². The number of ether oxygens (including phenoxy) is 2. The zero-order chi connectivity index (χ0) is 14.5. The van der Waals surface area contributed by atoms with Crippen LogP contribution in [0.15, 0.2) is 18.2 Å². The van der Waals surface area contributed by atoms with Gasteiger partial charge in [-0.25, -0.2) is 0 Å². The van der Waals surface area contributed by atoms with Crippen molar-refractivity contribution in [3.63, 3.8) is 0 Å². The fourth-order valence-corrected chi connectivity index (χ4v) is 2.29. The standard InChI is InChI=1S/C16H23NO3.ClH/c1-4-6-13(17-11(3)5-2)16(18)12-7-8-14-15(9-12)20-10-19-14;/h7-9,11,13,17H,4-6,10H2,1-3H3;1H. The molecule has 2 atom stereocenters. The smallest absolute Gasteiger partial charge is 0.231 e. The molecule has 1 aliphatic heterocycles. The van der Waals surface area contributed by atoms with E-state index in [0.717, 1.165) is 19.3 Å². The van der Waals surface area contributed by atoms with Gasteiger partial charge in [-0.05, 0) is 38.0 Å². The zero-order valence-corrected chi connectivity index (χ0v) is 13.7. The third-order valence-corrected chi connectivity index (χ3v) is 3.65. The summed E-state index contributed by atoms with van der Waals surface area (Å²) in [6, 6.07) is 5.62. The highest BCUT2D eigenvalue weighted by molar-refractivity contribution is 6.00. The number of hydrogen-bond acceptors (Lipinski definition) is 4. The van der Waals surface area contributed by atoms with E-state index in [4.69, 9.17) is 9.47 Å². The van der Waals surface area contributed by atoms with Crippen molar-refractivity contribution in [3.05, 3.63) is 23.8 Å². The van der Waals surface area contributed by atoms with Crippen molar-refractivity contribution in [1.82, 2.24) is 5.32 Å². The van der Waals surface area contributed by atoms with Crippen molar-refractivity contribution in [1.29, 1.82) is 0 Å². The number of carbonyl (C=O) groups excluding carboxylic acids is 1. The van der Waals surface area contributed by atoms with Gasteiger partial charge in [-0.3, -0.25) is 4.79 Å². The molecule has 1 aliphatic rings. The van der Waals surface area contributed by atoms with E-state index in [1.165, 1.54) is 0 Å². The molecular formula is C16H24ClNO3. The first kappa shape index (κ1) is 17.8. The Hall–Kier alpha value is -1.26. The fraction of sp³-hybridized carbons (Fsp3) is 0.562. The van der Waals surface area contributed by atoms with Gasteiger partial charge in [0.25, 0.3) is 0 Å². The molecule has 1 N–H and O–H groups in total. The maximum Gasteiger partial charge on any atom is 0.231 e. The molecule has 0 spiro atoms. The van der Waals surface area contributed by atoms with Gasteiger partial charge in [-0.15, -0.1) is 12.4 Å². The lowest BCUT2D eigenvalue weighted by atomic mass is 9.99. The predicted octanol–water partition coefficient (Wildman–Crippen LogP) is 3.58. The fourth-order valence-electron chi connectivity index (χ4n) is 2.29. The minimum atomic E-state index is -0.129. The second-order valence-electron chi connectivity index (χ2n) is 5.25. The van der Waals surface area contributed by atoms with E-state index in [-0.39, 0.29) is 31.0 Å². The number of benzene rings is 1. The Kier molecular flexibility index (Phi) is 6.99. The Balaban J connectivity index is 0.00000220. The summed E-state index contributed by atoms with van der Waals surface area (Å²) in [5, 5.41) is 3.41. The zero-order valence-electron chi connectivity index (χ0n) is 12.8. The van der Waals surface area contributed by atoms with Gasteiger partial charge in [-0.2, -0.15) is 0 Å². The third-order valence-electron chi connectivity index (χ3n) is 3.65. The number of nitrogens with one attached hydrogen (secondary N) is 1. The number of ketones is 1. The highest BCUT2D eigenvalue weighted by atomic mass is 35.5. The molecule has 0 amide bonds. The van der Waals surface area contributed by atoms with Gasteiger partial charge in [0.1, 0.15) is 0 Å². The highest BCUT2D eigenvalue weighted by Crippen LogP contribution is 2.32. The Labute approximate surface area is 132 Å². The van der Waals surface area contributed by atoms with E-state index < -0.39 is 0 Å². The van der Waals surface area contributed by atoms with E-state index in [9.17, 15) is 4.79 Å². The summed E-state index contributed by atoms with van der Waals surface area (Å²) < 4.78 is 10.6. The van der Waals surface area contributed by atoms with Gasteiger partial charge in [0.15, 0.2) is 17.3 Å². The summed E-state index contributed by atoms with van der Waals surface area (Å²) >= 11 is 0. The summed E-state index contributed by atoms with van der Waals surface area (Å²) in [6.07, 6.45) is 2.83. The lowest BCUT2D eigenvalue weighted by Gasteiger charge is -2.21. The van der Waals surface area contributed by atoms with Crippen molar-refractivity contribution < 1.29 is 14.3 Å². The quantitative estimate of drug-likeness (QED) is 0.782. The van der Waals surface area contributed by atoms with Gasteiger partial charge in [-0.1, -0.05) is 20.3 Å². The van der Waals surface area contributed by atoms with E-state index in [0.29, 0.717) is 23.1 Å². The van der Waals surface area contributed by atoms with Crippen molar-refractivity contribution in [3.8, 4) is 11.5 Å². The summed E-state index contributed by atoms with van der Waals surface area (Å²) in [4.78, 5) is 12.6. The molecular weight excluding hydrogens is 290 g/mol. The second kappa shape index (κ2) is 8.25. The van der Waals surface area contributed by atoms with Crippen molar-refractivity contribution >= 4 is 18.2 Å². The Morgan fingerprint density at radius 1 is 1.29 bits per heavy atom. The Morgan fingerprint density at radius 2 is 2.00 bits per heavy atom. The van der Waals surface area contributed by atoms with Crippen LogP contribution in [0.2, 0.25) is 0 Å². The van der Waals surface area contributed by atoms with E-state index in [2.05, 4.69) is 26.1 Å². The van der Waals surface area contributed by atoms with Crippen molar-refractivity contribution in [2.45, 2.75) is 52.1 Å². The SMILES string of the molecule is CCCC(NC(C)CC)C(=O)c1ccc2c(c1)OCO2.Cl. The molecule has 118 valence electrons. The first-order chi connectivity index (χ1) is 9.65. The summed E-state index contributed by atoms with van der Waals surface area (Å²) in [5.74, 6) is 1.50. The van der Waals surface area contributed by atoms with Crippen LogP contribution < -0.4 is 14.8 Å². The van der Waals surface area contributed by atoms with Crippen LogP contribution in [0.1, 0.15) is 50.4 Å². The van der Waals surface area contributed by atoms with Crippen LogP contribution in [-0.2, 0) is 0 Å². The molecule has 0 fully saturated rings. The molecule has 0 saturated heterocycles. The molecule has 0 bridgehead atoms. The first-order valence-electron chi connectivity index (χ1n) is 7.35. The average Bonchev–Trinajstić information content (AvgIpc) is 2.93. The number of hydrogen-bond donors (Lipinski definition) is 1. The van der Waals surface area contributed by atoms with Gasteiger partial charge in [0.2, 0.25) is 6.79 Å². The largest absolute Gasteiger partial charge is 0.454 e. The van der Waals surface area contributed by atoms with Gasteiger partial charge >= 0.3 is 0 Å². The summed E-state index contributed by atoms with van der Waals surface area (Å²) in [7, 11) is 0. The van der Waals surface area contributed by atoms with E-state index in [1.807, 2.05) is 12.1 Å². The molecule has 2 rings (SSSR count). The minimum absolute atomic E-state index is 0. The van der Waals surface area contributed by atoms with Crippen LogP contribution >= 0.6 is 12.4 Å². The lowest BCUT2D eigenvalue weighted by molar-refractivity contribution is 0.0930. The monoisotopic (exact) mass is 313 g/mol. The normalized spacial score (nSPS) is 15.2. The molecule has 0 aromatic heterocycles. The number of halogens is 1. The number of carbonyl (C=O) groups is 1. The van der Waals surface area contributed by atoms with Crippen molar-refractivity contribution in [2.75, 3.05) is 6.79 Å². The van der Waals surface area contributed by atoms with Crippen LogP contribution in [0.5, 0.6) is 11.5 Å². The van der Waals surface area contributed by atoms with Crippen LogP contribution in [0.3, 0.4) is 0 Å². The first-order valence-corrected chi connectivity index (χ1v) is 7.35. The van der Waals surface area contributed by atoms with E-state index in [1.54, 1.807) is 6.07 Å². The van der Waals surface area contributed by atoms with Gasteiger partial charge in [0, 0.05) is 11.6 Å². The molecule has 1 aromatic carbocycles. The van der Waals surface area contributed by atoms with Crippen LogP contribution in [0, 0.1) is 0 Å². The topological polar surface area (TPSA) is 47.6 Å². The van der Waals surface area contributed by atoms with Gasteiger partial charge in [0.05, 0.1) is 6.04 Å². The molecule has 4 nitrogen and oxygen atoms in total. The van der Waals surface area contributed by atoms with E-state index >= 15 is 0 Å². The average molecular weight is 314 g/mol. The summed E-state index contributed by atoms with van der Waals surface area (Å²) in [5.41, 5.74) is 0.684. The van der Waals surface area contributed by atoms with Gasteiger partial charge < -0.3 is 14.8 Å². The summed E-state index contributed by atoms with van der Waals surface area (Å²) in [6.45, 7) is 6.55. The minimum Gasteiger partial charge on any atom is -0.454 e. The molecule has 21 heavy (non-hydrogen) atoms. The molecule has 0 aliphatic carbocycles. The molecule has 1 aromatic rings. The molecule has 0 radical (unpaired) electrons. The molecule has 5 heteroatoms. The molecule has 1 heterocycles. The lowest BCUT2D eigenvalue weighted by Crippen LogP contribution is -2.41. The Morgan fingerprint density at radius 3 is 2.67 bits per heavy atom. The Bertz CT molecular complexity index is 479. The van der Waals surface area contributed by atoms with Crippen LogP contribution in [0.25, 0.3) is 0 Å². The maximum absolute atomic E-state index is 12.6. The number of Topliss-reactive ketones (excluding diaryl/α,β-unsaturated/α-hetero) is 1. The highest BCUT2D eigenvalue weighted by Gasteiger charge is 2.23. The molecule has 2 unspecified atom stereocenters. The number of fused-ring (bicyclic) bond motifs is 1. The second-order valence-corrected chi connectivity index (χ2v) is 5.25. The van der Waals surface area contributed by atoms with Crippen molar-refractivity contribution in [2.24, 2.45) is 0 Å². The van der Waals surface area contributed by atoms with Crippen LogP contribution in [-0.4, -0.2) is 24.7 Å². The third kappa shape index (κ3) is 4.35.